The van der Waals surface area contributed by atoms with E-state index in [4.69, 9.17) is 14.6 Å². The molecule has 1 fully saturated rings. The molecule has 20 heavy (non-hydrogen) atoms. The number of nitrogens with two attached hydrogens (primary N) is 1. The maximum absolute atomic E-state index is 12.8. The number of ether oxygens (including phenoxy) is 2. The van der Waals surface area contributed by atoms with Gasteiger partial charge in [0.2, 0.25) is 10.0 Å². The maximum Gasteiger partial charge on any atom is 0.209 e. The van der Waals surface area contributed by atoms with Gasteiger partial charge in [0.05, 0.1) is 12.4 Å². The van der Waals surface area contributed by atoms with Crippen LogP contribution in [0.2, 0.25) is 0 Å². The molecule has 1 aromatic rings. The molecule has 1 aromatic carbocycles. The highest BCUT2D eigenvalue weighted by atomic mass is 32.2. The van der Waals surface area contributed by atoms with Gasteiger partial charge < -0.3 is 9.47 Å². The first-order valence-corrected chi connectivity index (χ1v) is 8.07. The summed E-state index contributed by atoms with van der Waals surface area (Å²) < 4.78 is 46.5. The Hall–Kier alpha value is -1.18. The molecule has 0 radical (unpaired) electrons. The molecule has 0 unspecified atom stereocenters. The number of halogens is 1. The largest absolute Gasteiger partial charge is 0.493 e. The minimum absolute atomic E-state index is 0.134. The summed E-state index contributed by atoms with van der Waals surface area (Å²) in [6, 6.07) is 5.62. The summed E-state index contributed by atoms with van der Waals surface area (Å²) in [6.07, 6.45) is 1.15. The lowest BCUT2D eigenvalue weighted by atomic mass is 9.83. The molecule has 1 saturated heterocycles. The van der Waals surface area contributed by atoms with E-state index in [1.165, 1.54) is 24.3 Å². The van der Waals surface area contributed by atoms with E-state index in [1.54, 1.807) is 0 Å². The van der Waals surface area contributed by atoms with Gasteiger partial charge >= 0.3 is 0 Å². The monoisotopic (exact) mass is 303 g/mol. The first-order valence-electron chi connectivity index (χ1n) is 6.35. The highest BCUT2D eigenvalue weighted by Crippen LogP contribution is 2.32. The molecule has 5 nitrogen and oxygen atoms in total. The molecule has 0 spiro atoms. The number of rotatable bonds is 5. The van der Waals surface area contributed by atoms with E-state index in [1.807, 2.05) is 0 Å². The van der Waals surface area contributed by atoms with Crippen molar-refractivity contribution >= 4 is 10.0 Å². The summed E-state index contributed by atoms with van der Waals surface area (Å²) in [6.45, 7) is 1.20. The summed E-state index contributed by atoms with van der Waals surface area (Å²) in [5.74, 6) is 0.0271. The van der Waals surface area contributed by atoms with Crippen LogP contribution in [0.4, 0.5) is 4.39 Å². The van der Waals surface area contributed by atoms with Crippen molar-refractivity contribution in [1.82, 2.24) is 0 Å². The van der Waals surface area contributed by atoms with E-state index < -0.39 is 15.4 Å². The standard InChI is InChI=1S/C13H18FNO4S/c14-11-1-3-12(4-2-11)19-9-13(10-20(15,16)17)5-7-18-8-6-13/h1-4H,5-10H2,(H2,15,16,17). The van der Waals surface area contributed by atoms with Crippen LogP contribution in [0.5, 0.6) is 5.75 Å². The second-order valence-electron chi connectivity index (χ2n) is 5.16. The van der Waals surface area contributed by atoms with E-state index in [0.29, 0.717) is 31.8 Å². The fourth-order valence-electron chi connectivity index (χ4n) is 2.33. The van der Waals surface area contributed by atoms with Gasteiger partial charge in [-0.05, 0) is 37.1 Å². The third-order valence-corrected chi connectivity index (χ3v) is 4.43. The molecule has 2 rings (SSSR count). The molecule has 0 aromatic heterocycles. The van der Waals surface area contributed by atoms with Gasteiger partial charge in [0.1, 0.15) is 11.6 Å². The van der Waals surface area contributed by atoms with E-state index >= 15 is 0 Å². The molecular weight excluding hydrogens is 285 g/mol. The zero-order valence-electron chi connectivity index (χ0n) is 11.0. The van der Waals surface area contributed by atoms with E-state index in [-0.39, 0.29) is 18.2 Å². The number of hydrogen-bond donors (Lipinski definition) is 1. The lowest BCUT2D eigenvalue weighted by molar-refractivity contribution is 0.00208. The van der Waals surface area contributed by atoms with Crippen LogP contribution in [-0.2, 0) is 14.8 Å². The molecule has 0 aliphatic carbocycles. The third kappa shape index (κ3) is 4.43. The molecule has 2 N–H and O–H groups in total. The van der Waals surface area contributed by atoms with Crippen molar-refractivity contribution in [3.63, 3.8) is 0 Å². The van der Waals surface area contributed by atoms with Crippen molar-refractivity contribution < 1.29 is 22.3 Å². The first kappa shape index (κ1) is 15.2. The minimum Gasteiger partial charge on any atom is -0.493 e. The number of sulfonamides is 1. The van der Waals surface area contributed by atoms with Crippen LogP contribution >= 0.6 is 0 Å². The molecule has 1 aliphatic heterocycles. The molecular formula is C13H18FNO4S. The van der Waals surface area contributed by atoms with E-state index in [0.717, 1.165) is 0 Å². The molecule has 1 aliphatic rings. The van der Waals surface area contributed by atoms with Crippen molar-refractivity contribution in [2.75, 3.05) is 25.6 Å². The molecule has 7 heteroatoms. The highest BCUT2D eigenvalue weighted by Gasteiger charge is 2.37. The Kier molecular flexibility index (Phi) is 4.62. The van der Waals surface area contributed by atoms with Crippen molar-refractivity contribution in [1.29, 1.82) is 0 Å². The summed E-state index contributed by atoms with van der Waals surface area (Å²) in [5, 5.41) is 5.17. The van der Waals surface area contributed by atoms with Gasteiger partial charge in [0.25, 0.3) is 0 Å². The Labute approximate surface area is 117 Å². The van der Waals surface area contributed by atoms with Crippen molar-refractivity contribution in [2.45, 2.75) is 12.8 Å². The van der Waals surface area contributed by atoms with E-state index in [2.05, 4.69) is 0 Å². The molecule has 1 heterocycles. The van der Waals surface area contributed by atoms with Gasteiger partial charge in [-0.15, -0.1) is 0 Å². The summed E-state index contributed by atoms with van der Waals surface area (Å²) in [4.78, 5) is 0. The summed E-state index contributed by atoms with van der Waals surface area (Å²) in [7, 11) is -3.59. The van der Waals surface area contributed by atoms with Gasteiger partial charge in [-0.3, -0.25) is 0 Å². The van der Waals surface area contributed by atoms with Crippen molar-refractivity contribution in [2.24, 2.45) is 10.6 Å². The van der Waals surface area contributed by atoms with Crippen LogP contribution in [0, 0.1) is 11.2 Å². The predicted octanol–water partition coefficient (Wildman–Crippen LogP) is 1.29. The van der Waals surface area contributed by atoms with Crippen LogP contribution in [0.25, 0.3) is 0 Å². The molecule has 112 valence electrons. The lowest BCUT2D eigenvalue weighted by Crippen LogP contribution is -2.42. The van der Waals surface area contributed by atoms with Gasteiger partial charge in [-0.2, -0.15) is 0 Å². The number of primary sulfonamides is 1. The summed E-state index contributed by atoms with van der Waals surface area (Å²) in [5.41, 5.74) is -0.541. The van der Waals surface area contributed by atoms with Crippen molar-refractivity contribution in [3.8, 4) is 5.75 Å². The Morgan fingerprint density at radius 3 is 2.40 bits per heavy atom. The lowest BCUT2D eigenvalue weighted by Gasteiger charge is -2.35. The third-order valence-electron chi connectivity index (χ3n) is 3.42. The van der Waals surface area contributed by atoms with E-state index in [9.17, 15) is 12.8 Å². The minimum atomic E-state index is -3.59. The van der Waals surface area contributed by atoms with Crippen LogP contribution < -0.4 is 9.88 Å². The van der Waals surface area contributed by atoms with Gasteiger partial charge in [-0.1, -0.05) is 0 Å². The fraction of sp³-hybridized carbons (Fsp3) is 0.538. The van der Waals surface area contributed by atoms with Crippen LogP contribution in [0.3, 0.4) is 0 Å². The maximum atomic E-state index is 12.8. The number of benzene rings is 1. The van der Waals surface area contributed by atoms with Gasteiger partial charge in [0.15, 0.2) is 0 Å². The van der Waals surface area contributed by atoms with Crippen LogP contribution in [0.1, 0.15) is 12.8 Å². The average Bonchev–Trinajstić information content (AvgIpc) is 2.37. The topological polar surface area (TPSA) is 78.6 Å². The summed E-state index contributed by atoms with van der Waals surface area (Å²) >= 11 is 0. The molecule has 0 atom stereocenters. The second-order valence-corrected chi connectivity index (χ2v) is 6.78. The fourth-order valence-corrected chi connectivity index (χ4v) is 3.55. The van der Waals surface area contributed by atoms with Crippen LogP contribution in [-0.4, -0.2) is 34.0 Å². The normalized spacial score (nSPS) is 18.7. The van der Waals surface area contributed by atoms with Crippen LogP contribution in [0.15, 0.2) is 24.3 Å². The Bertz CT molecular complexity index is 538. The first-order chi connectivity index (χ1) is 9.39. The SMILES string of the molecule is NS(=O)(=O)CC1(COc2ccc(F)cc2)CCOCC1. The zero-order chi connectivity index (χ0) is 14.6. The smallest absolute Gasteiger partial charge is 0.209 e. The Morgan fingerprint density at radius 2 is 1.85 bits per heavy atom. The molecule has 0 saturated carbocycles. The van der Waals surface area contributed by atoms with Crippen molar-refractivity contribution in [3.05, 3.63) is 30.1 Å². The van der Waals surface area contributed by atoms with Gasteiger partial charge in [0, 0.05) is 18.6 Å². The molecule has 0 bridgehead atoms. The second kappa shape index (κ2) is 6.07. The highest BCUT2D eigenvalue weighted by molar-refractivity contribution is 7.89. The number of hydrogen-bond acceptors (Lipinski definition) is 4. The molecule has 0 amide bonds. The Morgan fingerprint density at radius 1 is 1.25 bits per heavy atom. The average molecular weight is 303 g/mol. The predicted molar refractivity (Wildman–Crippen MR) is 72.4 cm³/mol. The quantitative estimate of drug-likeness (QED) is 0.889. The zero-order valence-corrected chi connectivity index (χ0v) is 11.9. The Balaban J connectivity index is 2.06. The van der Waals surface area contributed by atoms with Gasteiger partial charge in [-0.25, -0.2) is 17.9 Å².